The molecule has 36 heavy (non-hydrogen) atoms. The van der Waals surface area contributed by atoms with Crippen LogP contribution >= 0.6 is 0 Å². The second kappa shape index (κ2) is 9.49. The number of aromatic amines is 1. The van der Waals surface area contributed by atoms with Crippen LogP contribution in [-0.4, -0.2) is 15.9 Å². The first-order chi connectivity index (χ1) is 17.3. The molecule has 0 aliphatic heterocycles. The van der Waals surface area contributed by atoms with E-state index in [2.05, 4.69) is 16.4 Å². The second-order valence-corrected chi connectivity index (χ2v) is 8.90. The summed E-state index contributed by atoms with van der Waals surface area (Å²) in [6.45, 7) is 2.03. The van der Waals surface area contributed by atoms with E-state index in [4.69, 9.17) is 4.98 Å². The molecule has 2 heterocycles. The quantitative estimate of drug-likeness (QED) is 0.258. The molecule has 2 N–H and O–H groups in total. The van der Waals surface area contributed by atoms with Crippen molar-refractivity contribution in [1.29, 1.82) is 0 Å². The van der Waals surface area contributed by atoms with Gasteiger partial charge in [0.1, 0.15) is 0 Å². The monoisotopic (exact) mass is 487 g/mol. The molecule has 3 aromatic carbocycles. The molecule has 182 valence electrons. The highest BCUT2D eigenvalue weighted by atomic mass is 19.4. The number of fused-ring (bicyclic) bond motifs is 2. The number of benzene rings is 3. The maximum Gasteiger partial charge on any atom is 0.416 e. The summed E-state index contributed by atoms with van der Waals surface area (Å²) in [5.74, 6) is -0.323. The number of hydrogen-bond acceptors (Lipinski definition) is 2. The van der Waals surface area contributed by atoms with Crippen LogP contribution in [-0.2, 0) is 17.4 Å². The molecule has 4 nitrogen and oxygen atoms in total. The van der Waals surface area contributed by atoms with Crippen molar-refractivity contribution in [2.75, 3.05) is 5.32 Å². The summed E-state index contributed by atoms with van der Waals surface area (Å²) in [5.41, 5.74) is 5.18. The van der Waals surface area contributed by atoms with E-state index in [1.807, 2.05) is 55.5 Å². The maximum atomic E-state index is 13.0. The fourth-order valence-corrected chi connectivity index (χ4v) is 4.47. The van der Waals surface area contributed by atoms with E-state index in [-0.39, 0.29) is 18.0 Å². The Kier molecular flexibility index (Phi) is 6.22. The Bertz CT molecular complexity index is 1570. The highest BCUT2D eigenvalue weighted by molar-refractivity contribution is 5.93. The van der Waals surface area contributed by atoms with Gasteiger partial charge < -0.3 is 10.3 Å². The average molecular weight is 488 g/mol. The minimum absolute atomic E-state index is 0.138. The second-order valence-electron chi connectivity index (χ2n) is 8.90. The molecule has 0 atom stereocenters. The first kappa shape index (κ1) is 23.6. The number of halogens is 3. The topological polar surface area (TPSA) is 57.8 Å². The molecule has 0 saturated carbocycles. The number of aromatic nitrogens is 2. The fraction of sp³-hybridized carbons (Fsp3) is 0.172. The van der Waals surface area contributed by atoms with E-state index < -0.39 is 11.7 Å². The van der Waals surface area contributed by atoms with Gasteiger partial charge in [0.15, 0.2) is 0 Å². The Morgan fingerprint density at radius 1 is 0.972 bits per heavy atom. The van der Waals surface area contributed by atoms with Crippen LogP contribution in [0.2, 0.25) is 0 Å². The number of para-hydroxylation sites is 1. The molecule has 0 radical (unpaired) electrons. The Morgan fingerprint density at radius 2 is 1.81 bits per heavy atom. The standard InChI is InChI=1S/C29H24F3N3O/c1-18-12-14-25-23(16-18)22(28(35-25)26-15-13-19-6-2-3-10-24(19)34-26)9-5-11-27(36)33-21-8-4-7-20(17-21)29(30,31)32/h2-4,6-8,10,12-17,35H,5,9,11H2,1H3,(H,33,36). The molecule has 0 unspecified atom stereocenters. The third kappa shape index (κ3) is 4.96. The molecule has 5 rings (SSSR count). The number of pyridine rings is 1. The number of hydrogen-bond donors (Lipinski definition) is 2. The van der Waals surface area contributed by atoms with Crippen LogP contribution in [0, 0.1) is 6.92 Å². The number of amides is 1. The van der Waals surface area contributed by atoms with Gasteiger partial charge in [-0.2, -0.15) is 13.2 Å². The summed E-state index contributed by atoms with van der Waals surface area (Å²) in [4.78, 5) is 20.9. The molecule has 7 heteroatoms. The van der Waals surface area contributed by atoms with Gasteiger partial charge in [-0.15, -0.1) is 0 Å². The molecule has 0 saturated heterocycles. The largest absolute Gasteiger partial charge is 0.416 e. The Morgan fingerprint density at radius 3 is 2.64 bits per heavy atom. The number of anilines is 1. The Hall–Kier alpha value is -4.13. The predicted octanol–water partition coefficient (Wildman–Crippen LogP) is 7.67. The first-order valence-corrected chi connectivity index (χ1v) is 11.7. The molecule has 0 spiro atoms. The molecule has 2 aromatic heterocycles. The van der Waals surface area contributed by atoms with Gasteiger partial charge >= 0.3 is 6.18 Å². The third-order valence-corrected chi connectivity index (χ3v) is 6.22. The number of rotatable bonds is 6. The Balaban J connectivity index is 1.37. The zero-order valence-corrected chi connectivity index (χ0v) is 19.6. The van der Waals surface area contributed by atoms with Gasteiger partial charge in [-0.3, -0.25) is 4.79 Å². The lowest BCUT2D eigenvalue weighted by Gasteiger charge is -2.10. The maximum absolute atomic E-state index is 13.0. The lowest BCUT2D eigenvalue weighted by molar-refractivity contribution is -0.137. The minimum Gasteiger partial charge on any atom is -0.353 e. The van der Waals surface area contributed by atoms with Gasteiger partial charge in [0.25, 0.3) is 0 Å². The van der Waals surface area contributed by atoms with Crippen LogP contribution in [0.3, 0.4) is 0 Å². The lowest BCUT2D eigenvalue weighted by atomic mass is 10.0. The van der Waals surface area contributed by atoms with Crippen LogP contribution in [0.25, 0.3) is 33.2 Å². The van der Waals surface area contributed by atoms with E-state index in [1.165, 1.54) is 12.1 Å². The van der Waals surface area contributed by atoms with Crippen LogP contribution < -0.4 is 5.32 Å². The van der Waals surface area contributed by atoms with Gasteiger partial charge in [-0.05, 0) is 67.8 Å². The van der Waals surface area contributed by atoms with Crippen LogP contribution in [0.1, 0.15) is 29.5 Å². The average Bonchev–Trinajstić information content (AvgIpc) is 3.21. The van der Waals surface area contributed by atoms with Crippen molar-refractivity contribution in [3.8, 4) is 11.4 Å². The molecule has 0 fully saturated rings. The van der Waals surface area contributed by atoms with E-state index >= 15 is 0 Å². The minimum atomic E-state index is -4.46. The number of aryl methyl sites for hydroxylation is 2. The lowest BCUT2D eigenvalue weighted by Crippen LogP contribution is -2.13. The van der Waals surface area contributed by atoms with Gasteiger partial charge in [0, 0.05) is 28.4 Å². The zero-order chi connectivity index (χ0) is 25.3. The van der Waals surface area contributed by atoms with E-state index in [1.54, 1.807) is 0 Å². The van der Waals surface area contributed by atoms with Crippen molar-refractivity contribution in [2.45, 2.75) is 32.4 Å². The van der Waals surface area contributed by atoms with E-state index in [0.29, 0.717) is 12.8 Å². The molecule has 0 aliphatic carbocycles. The van der Waals surface area contributed by atoms with Crippen molar-refractivity contribution in [3.05, 3.63) is 95.6 Å². The Labute approximate surface area is 206 Å². The number of nitrogens with zero attached hydrogens (tertiary/aromatic N) is 1. The van der Waals surface area contributed by atoms with Gasteiger partial charge in [0.05, 0.1) is 22.5 Å². The number of carbonyl (C=O) groups is 1. The molecule has 0 bridgehead atoms. The number of H-pyrrole nitrogens is 1. The summed E-state index contributed by atoms with van der Waals surface area (Å²) in [7, 11) is 0. The molecule has 5 aromatic rings. The normalized spacial score (nSPS) is 11.8. The zero-order valence-electron chi connectivity index (χ0n) is 19.6. The molecular formula is C29H24F3N3O. The van der Waals surface area contributed by atoms with E-state index in [0.717, 1.165) is 56.5 Å². The van der Waals surface area contributed by atoms with Gasteiger partial charge in [-0.1, -0.05) is 42.0 Å². The smallest absolute Gasteiger partial charge is 0.353 e. The highest BCUT2D eigenvalue weighted by Gasteiger charge is 2.30. The summed E-state index contributed by atoms with van der Waals surface area (Å²) < 4.78 is 38.9. The SMILES string of the molecule is Cc1ccc2[nH]c(-c3ccc4ccccc4n3)c(CCCC(=O)Nc3cccc(C(F)(F)F)c3)c2c1. The summed E-state index contributed by atoms with van der Waals surface area (Å²) in [5, 5.41) is 4.73. The van der Waals surface area contributed by atoms with E-state index in [9.17, 15) is 18.0 Å². The molecule has 0 aliphatic rings. The molecular weight excluding hydrogens is 463 g/mol. The van der Waals surface area contributed by atoms with Crippen molar-refractivity contribution in [2.24, 2.45) is 0 Å². The predicted molar refractivity (Wildman–Crippen MR) is 137 cm³/mol. The van der Waals surface area contributed by atoms with Crippen LogP contribution in [0.4, 0.5) is 18.9 Å². The number of carbonyl (C=O) groups excluding carboxylic acids is 1. The highest BCUT2D eigenvalue weighted by Crippen LogP contribution is 2.33. The van der Waals surface area contributed by atoms with Crippen LogP contribution in [0.5, 0.6) is 0 Å². The molecule has 1 amide bonds. The van der Waals surface area contributed by atoms with Crippen LogP contribution in [0.15, 0.2) is 78.9 Å². The van der Waals surface area contributed by atoms with Crippen molar-refractivity contribution < 1.29 is 18.0 Å². The van der Waals surface area contributed by atoms with Crippen molar-refractivity contribution in [3.63, 3.8) is 0 Å². The fourth-order valence-electron chi connectivity index (χ4n) is 4.47. The van der Waals surface area contributed by atoms with Crippen molar-refractivity contribution in [1.82, 2.24) is 9.97 Å². The summed E-state index contributed by atoms with van der Waals surface area (Å²) in [6.07, 6.45) is -3.13. The first-order valence-electron chi connectivity index (χ1n) is 11.7. The number of nitrogens with one attached hydrogen (secondary N) is 2. The summed E-state index contributed by atoms with van der Waals surface area (Å²) in [6, 6.07) is 22.8. The van der Waals surface area contributed by atoms with Gasteiger partial charge in [0.2, 0.25) is 5.91 Å². The van der Waals surface area contributed by atoms with Gasteiger partial charge in [-0.25, -0.2) is 4.98 Å². The summed E-state index contributed by atoms with van der Waals surface area (Å²) >= 11 is 0. The third-order valence-electron chi connectivity index (χ3n) is 6.22. The number of alkyl halides is 3. The van der Waals surface area contributed by atoms with Crippen molar-refractivity contribution >= 4 is 33.4 Å².